The van der Waals surface area contributed by atoms with E-state index in [1.165, 1.54) is 44.1 Å². The summed E-state index contributed by atoms with van der Waals surface area (Å²) in [6.45, 7) is 4.47. The van der Waals surface area contributed by atoms with Gasteiger partial charge in [-0.25, -0.2) is 0 Å². The maximum absolute atomic E-state index is 11.7. The van der Waals surface area contributed by atoms with Crippen LogP contribution in [0.1, 0.15) is 78.1 Å². The van der Waals surface area contributed by atoms with Gasteiger partial charge in [0.15, 0.2) is 0 Å². The highest BCUT2D eigenvalue weighted by molar-refractivity contribution is 5.83. The van der Waals surface area contributed by atoms with E-state index in [4.69, 9.17) is 0 Å². The highest BCUT2D eigenvalue weighted by Crippen LogP contribution is 2.32. The van der Waals surface area contributed by atoms with Gasteiger partial charge < -0.3 is 0 Å². The Bertz CT molecular complexity index is 248. The third kappa shape index (κ3) is 6.65. The molecule has 1 fully saturated rings. The first-order valence-electron chi connectivity index (χ1n) is 7.48. The molecule has 1 aliphatic rings. The van der Waals surface area contributed by atoms with E-state index in [-0.39, 0.29) is 0 Å². The Balaban J connectivity index is 2.27. The van der Waals surface area contributed by atoms with Crippen molar-refractivity contribution in [3.63, 3.8) is 0 Å². The minimum atomic E-state index is 0.443. The van der Waals surface area contributed by atoms with Crippen LogP contribution >= 0.6 is 0 Å². The molecule has 0 amide bonds. The van der Waals surface area contributed by atoms with E-state index in [2.05, 4.69) is 19.9 Å². The van der Waals surface area contributed by atoms with E-state index >= 15 is 0 Å². The van der Waals surface area contributed by atoms with Crippen LogP contribution in [-0.4, -0.2) is 5.78 Å². The summed E-state index contributed by atoms with van der Waals surface area (Å²) >= 11 is 0. The summed E-state index contributed by atoms with van der Waals surface area (Å²) in [5.41, 5.74) is 1.54. The second-order valence-electron chi connectivity index (χ2n) is 5.35. The molecule has 0 aromatic carbocycles. The second-order valence-corrected chi connectivity index (χ2v) is 5.35. The van der Waals surface area contributed by atoms with Gasteiger partial charge in [0.1, 0.15) is 5.78 Å². The topological polar surface area (TPSA) is 17.1 Å². The minimum absolute atomic E-state index is 0.443. The fourth-order valence-electron chi connectivity index (χ4n) is 2.14. The van der Waals surface area contributed by atoms with Crippen molar-refractivity contribution in [3.05, 3.63) is 11.6 Å². The molecule has 1 nitrogen and oxygen atoms in total. The molecule has 0 heterocycles. The lowest BCUT2D eigenvalue weighted by Gasteiger charge is -2.06. The lowest BCUT2D eigenvalue weighted by molar-refractivity contribution is -0.120. The summed E-state index contributed by atoms with van der Waals surface area (Å²) in [5, 5.41) is 0. The van der Waals surface area contributed by atoms with Crippen LogP contribution in [0, 0.1) is 5.92 Å². The van der Waals surface area contributed by atoms with Gasteiger partial charge in [0.25, 0.3) is 0 Å². The zero-order chi connectivity index (χ0) is 12.5. The van der Waals surface area contributed by atoms with E-state index in [1.54, 1.807) is 0 Å². The van der Waals surface area contributed by atoms with Crippen molar-refractivity contribution in [2.45, 2.75) is 78.1 Å². The maximum atomic E-state index is 11.7. The van der Waals surface area contributed by atoms with Crippen LogP contribution < -0.4 is 0 Å². The first-order chi connectivity index (χ1) is 8.27. The van der Waals surface area contributed by atoms with Crippen molar-refractivity contribution in [1.82, 2.24) is 0 Å². The minimum Gasteiger partial charge on any atom is -0.299 e. The number of carbonyl (C=O) groups is 1. The normalized spacial score (nSPS) is 16.2. The van der Waals surface area contributed by atoms with Crippen molar-refractivity contribution < 1.29 is 4.79 Å². The van der Waals surface area contributed by atoms with Crippen molar-refractivity contribution in [2.24, 2.45) is 5.92 Å². The van der Waals surface area contributed by atoms with E-state index in [0.717, 1.165) is 25.7 Å². The smallest absolute Gasteiger partial charge is 0.136 e. The fraction of sp³-hybridized carbons (Fsp3) is 0.812. The Kier molecular flexibility index (Phi) is 7.23. The van der Waals surface area contributed by atoms with Crippen molar-refractivity contribution in [2.75, 3.05) is 0 Å². The number of rotatable bonds is 10. The van der Waals surface area contributed by atoms with Crippen molar-refractivity contribution in [1.29, 1.82) is 0 Å². The Morgan fingerprint density at radius 2 is 1.76 bits per heavy atom. The van der Waals surface area contributed by atoms with Gasteiger partial charge in [0, 0.05) is 12.3 Å². The third-order valence-corrected chi connectivity index (χ3v) is 3.57. The monoisotopic (exact) mass is 236 g/mol. The first-order valence-corrected chi connectivity index (χ1v) is 7.48. The number of carbonyl (C=O) groups excluding carboxylic acids is 1. The van der Waals surface area contributed by atoms with Crippen LogP contribution in [0.15, 0.2) is 11.6 Å². The van der Waals surface area contributed by atoms with Gasteiger partial charge in [-0.1, -0.05) is 44.8 Å². The van der Waals surface area contributed by atoms with Crippen LogP contribution in [-0.2, 0) is 4.79 Å². The van der Waals surface area contributed by atoms with E-state index in [9.17, 15) is 4.79 Å². The zero-order valence-corrected chi connectivity index (χ0v) is 11.6. The molecule has 0 atom stereocenters. The van der Waals surface area contributed by atoms with E-state index < -0.39 is 0 Å². The number of unbranched alkanes of at least 4 members (excludes halogenated alkanes) is 3. The van der Waals surface area contributed by atoms with Gasteiger partial charge in [0.05, 0.1) is 0 Å². The van der Waals surface area contributed by atoms with E-state index in [1.807, 2.05) is 0 Å². The molecule has 98 valence electrons. The summed E-state index contributed by atoms with van der Waals surface area (Å²) in [5.74, 6) is 0.959. The summed E-state index contributed by atoms with van der Waals surface area (Å²) in [6, 6.07) is 0. The molecule has 1 heteroatoms. The molecule has 1 rings (SSSR count). The highest BCUT2D eigenvalue weighted by Gasteiger charge is 2.28. The standard InChI is InChI=1S/C16H28O/c1-3-5-7-9-14(8-6-4-2)10-13-16(17)15-11-12-15/h9,15H,3-8,10-13H2,1-2H3/b14-9+. The second kappa shape index (κ2) is 8.49. The van der Waals surface area contributed by atoms with Gasteiger partial charge in [-0.2, -0.15) is 0 Å². The molecule has 0 saturated heterocycles. The zero-order valence-electron chi connectivity index (χ0n) is 11.6. The predicted octanol–water partition coefficient (Wildman–Crippen LogP) is 5.05. The molecule has 0 unspecified atom stereocenters. The Morgan fingerprint density at radius 1 is 1.06 bits per heavy atom. The molecular formula is C16H28O. The van der Waals surface area contributed by atoms with Crippen LogP contribution in [0.5, 0.6) is 0 Å². The quantitative estimate of drug-likeness (QED) is 0.383. The SMILES string of the molecule is CCCC/C=C(\CCCC)CCC(=O)C1CC1. The molecule has 0 radical (unpaired) electrons. The van der Waals surface area contributed by atoms with Crippen LogP contribution in [0.2, 0.25) is 0 Å². The summed E-state index contributed by atoms with van der Waals surface area (Å²) in [4.78, 5) is 11.7. The maximum Gasteiger partial charge on any atom is 0.136 e. The Hall–Kier alpha value is -0.590. The van der Waals surface area contributed by atoms with Crippen LogP contribution in [0.25, 0.3) is 0 Å². The fourth-order valence-corrected chi connectivity index (χ4v) is 2.14. The van der Waals surface area contributed by atoms with Gasteiger partial charge in [-0.05, 0) is 38.5 Å². The van der Waals surface area contributed by atoms with Gasteiger partial charge >= 0.3 is 0 Å². The number of hydrogen-bond acceptors (Lipinski definition) is 1. The van der Waals surface area contributed by atoms with Gasteiger partial charge in [-0.15, -0.1) is 0 Å². The van der Waals surface area contributed by atoms with Crippen LogP contribution in [0.3, 0.4) is 0 Å². The van der Waals surface area contributed by atoms with E-state index in [0.29, 0.717) is 11.7 Å². The van der Waals surface area contributed by atoms with Gasteiger partial charge in [0.2, 0.25) is 0 Å². The predicted molar refractivity (Wildman–Crippen MR) is 74.1 cm³/mol. The van der Waals surface area contributed by atoms with Gasteiger partial charge in [-0.3, -0.25) is 4.79 Å². The number of ketones is 1. The average molecular weight is 236 g/mol. The summed E-state index contributed by atoms with van der Waals surface area (Å²) < 4.78 is 0. The molecule has 1 aliphatic carbocycles. The summed E-state index contributed by atoms with van der Waals surface area (Å²) in [6.07, 6.45) is 14.0. The number of hydrogen-bond donors (Lipinski definition) is 0. The summed E-state index contributed by atoms with van der Waals surface area (Å²) in [7, 11) is 0. The highest BCUT2D eigenvalue weighted by atomic mass is 16.1. The molecular weight excluding hydrogens is 208 g/mol. The largest absolute Gasteiger partial charge is 0.299 e. The van der Waals surface area contributed by atoms with Crippen molar-refractivity contribution in [3.8, 4) is 0 Å². The Morgan fingerprint density at radius 3 is 2.35 bits per heavy atom. The molecule has 0 aliphatic heterocycles. The van der Waals surface area contributed by atoms with Crippen LogP contribution in [0.4, 0.5) is 0 Å². The molecule has 0 spiro atoms. The molecule has 1 saturated carbocycles. The number of Topliss-reactive ketones (excluding diaryl/α,β-unsaturated/α-hetero) is 1. The first kappa shape index (κ1) is 14.5. The molecule has 17 heavy (non-hydrogen) atoms. The molecule has 0 N–H and O–H groups in total. The lowest BCUT2D eigenvalue weighted by atomic mass is 9.99. The number of allylic oxidation sites excluding steroid dienone is 2. The Labute approximate surface area is 107 Å². The van der Waals surface area contributed by atoms with Crippen molar-refractivity contribution >= 4 is 5.78 Å². The molecule has 0 bridgehead atoms. The third-order valence-electron chi connectivity index (χ3n) is 3.57. The lowest BCUT2D eigenvalue weighted by Crippen LogP contribution is -2.00. The average Bonchev–Trinajstić information content (AvgIpc) is 3.15. The molecule has 0 aromatic heterocycles. The molecule has 0 aromatic rings.